The van der Waals surface area contributed by atoms with Gasteiger partial charge in [0, 0.05) is 11.1 Å². The number of hydrogen-bond donors (Lipinski definition) is 3. The second kappa shape index (κ2) is 4.77. The van der Waals surface area contributed by atoms with E-state index in [4.69, 9.17) is 20.7 Å². The van der Waals surface area contributed by atoms with Crippen LogP contribution < -0.4 is 10.5 Å². The normalized spacial score (nSPS) is 12.2. The Kier molecular flexibility index (Phi) is 3.65. The second-order valence-corrected chi connectivity index (χ2v) is 3.01. The Morgan fingerprint density at radius 1 is 1.60 bits per heavy atom. The molecular weight excluding hydrogens is 198 g/mol. The molecule has 5 nitrogen and oxygen atoms in total. The lowest BCUT2D eigenvalue weighted by Crippen LogP contribution is -2.21. The van der Waals surface area contributed by atoms with Crippen molar-refractivity contribution < 1.29 is 19.7 Å². The van der Waals surface area contributed by atoms with Gasteiger partial charge in [-0.3, -0.25) is 4.79 Å². The van der Waals surface area contributed by atoms with Gasteiger partial charge in [-0.1, -0.05) is 18.2 Å². The molecule has 4 N–H and O–H groups in total. The van der Waals surface area contributed by atoms with Gasteiger partial charge in [-0.05, 0) is 0 Å². The van der Waals surface area contributed by atoms with Crippen molar-refractivity contribution in [2.24, 2.45) is 5.73 Å². The Morgan fingerprint density at radius 2 is 2.27 bits per heavy atom. The number of carboxylic acids is 1. The highest BCUT2D eigenvalue weighted by Crippen LogP contribution is 2.28. The van der Waals surface area contributed by atoms with Crippen LogP contribution in [0.4, 0.5) is 0 Å². The van der Waals surface area contributed by atoms with Gasteiger partial charge in [-0.25, -0.2) is 0 Å². The number of hydrogen-bond acceptors (Lipinski definition) is 4. The van der Waals surface area contributed by atoms with Gasteiger partial charge < -0.3 is 20.7 Å². The summed E-state index contributed by atoms with van der Waals surface area (Å²) in [6.07, 6.45) is 0. The highest BCUT2D eigenvalue weighted by Gasteiger charge is 2.20. The highest BCUT2D eigenvalue weighted by molar-refractivity contribution is 5.76. The van der Waals surface area contributed by atoms with Gasteiger partial charge in [0.15, 0.2) is 0 Å². The fourth-order valence-corrected chi connectivity index (χ4v) is 1.36. The van der Waals surface area contributed by atoms with Crippen LogP contribution in [0.2, 0.25) is 0 Å². The molecular formula is C10H13NO4. The lowest BCUT2D eigenvalue weighted by molar-refractivity contribution is -0.138. The minimum atomic E-state index is -1.15. The summed E-state index contributed by atoms with van der Waals surface area (Å²) in [4.78, 5) is 10.7. The van der Waals surface area contributed by atoms with Crippen LogP contribution in [-0.4, -0.2) is 23.3 Å². The van der Waals surface area contributed by atoms with Gasteiger partial charge in [-0.15, -0.1) is 0 Å². The quantitative estimate of drug-likeness (QED) is 0.664. The third-order valence-electron chi connectivity index (χ3n) is 2.10. The van der Waals surface area contributed by atoms with Gasteiger partial charge in [0.2, 0.25) is 0 Å². The topological polar surface area (TPSA) is 92.8 Å². The van der Waals surface area contributed by atoms with Gasteiger partial charge in [0.05, 0.1) is 13.7 Å². The van der Waals surface area contributed by atoms with Crippen molar-refractivity contribution in [2.45, 2.75) is 12.6 Å². The molecule has 15 heavy (non-hydrogen) atoms. The molecule has 0 bridgehead atoms. The lowest BCUT2D eigenvalue weighted by Gasteiger charge is -2.14. The Hall–Kier alpha value is -1.59. The summed E-state index contributed by atoms with van der Waals surface area (Å²) in [5, 5.41) is 17.8. The van der Waals surface area contributed by atoms with Gasteiger partial charge >= 0.3 is 5.97 Å². The van der Waals surface area contributed by atoms with Crippen LogP contribution in [0.3, 0.4) is 0 Å². The van der Waals surface area contributed by atoms with Crippen LogP contribution in [-0.2, 0) is 11.4 Å². The summed E-state index contributed by atoms with van der Waals surface area (Å²) < 4.78 is 5.04. The zero-order valence-corrected chi connectivity index (χ0v) is 8.30. The van der Waals surface area contributed by atoms with Gasteiger partial charge in [0.1, 0.15) is 11.8 Å². The van der Waals surface area contributed by atoms with Crippen molar-refractivity contribution >= 4 is 5.97 Å². The summed E-state index contributed by atoms with van der Waals surface area (Å²) in [6, 6.07) is 3.70. The number of carboxylic acid groups (broad SMARTS) is 1. The lowest BCUT2D eigenvalue weighted by atomic mass is 10.0. The van der Waals surface area contributed by atoms with E-state index in [-0.39, 0.29) is 6.61 Å². The van der Waals surface area contributed by atoms with Crippen molar-refractivity contribution in [3.05, 3.63) is 29.3 Å². The molecule has 0 heterocycles. The maximum absolute atomic E-state index is 10.7. The van der Waals surface area contributed by atoms with Crippen molar-refractivity contribution in [1.29, 1.82) is 0 Å². The number of aliphatic hydroxyl groups excluding tert-OH is 1. The Bertz CT molecular complexity index is 364. The molecule has 0 fully saturated rings. The molecule has 1 rings (SSSR count). The molecule has 0 aliphatic carbocycles. The Morgan fingerprint density at radius 3 is 2.73 bits per heavy atom. The van der Waals surface area contributed by atoms with Crippen molar-refractivity contribution in [2.75, 3.05) is 7.11 Å². The first-order valence-corrected chi connectivity index (χ1v) is 4.36. The van der Waals surface area contributed by atoms with E-state index in [0.717, 1.165) is 0 Å². The number of methoxy groups -OCH3 is 1. The largest absolute Gasteiger partial charge is 0.496 e. The van der Waals surface area contributed by atoms with Crippen LogP contribution in [0.15, 0.2) is 18.2 Å². The maximum Gasteiger partial charge on any atom is 0.325 e. The molecule has 5 heteroatoms. The summed E-state index contributed by atoms with van der Waals surface area (Å²) in [7, 11) is 1.41. The van der Waals surface area contributed by atoms with Crippen LogP contribution in [0, 0.1) is 0 Å². The average Bonchev–Trinajstić information content (AvgIpc) is 2.26. The van der Waals surface area contributed by atoms with Crippen LogP contribution >= 0.6 is 0 Å². The number of aliphatic hydroxyl groups is 1. The molecule has 1 atom stereocenters. The number of carbonyl (C=O) groups is 1. The molecule has 0 amide bonds. The van der Waals surface area contributed by atoms with E-state index in [9.17, 15) is 4.79 Å². The zero-order valence-electron chi connectivity index (χ0n) is 8.30. The monoisotopic (exact) mass is 211 g/mol. The molecule has 82 valence electrons. The molecule has 0 saturated carbocycles. The number of ether oxygens (including phenoxy) is 1. The first-order valence-electron chi connectivity index (χ1n) is 4.36. The molecule has 0 saturated heterocycles. The third kappa shape index (κ3) is 2.26. The van der Waals surface area contributed by atoms with E-state index in [1.165, 1.54) is 7.11 Å². The minimum absolute atomic E-state index is 0.219. The number of rotatable bonds is 4. The molecule has 1 aromatic carbocycles. The minimum Gasteiger partial charge on any atom is -0.496 e. The summed E-state index contributed by atoms with van der Waals surface area (Å²) in [6.45, 7) is -0.219. The predicted molar refractivity (Wildman–Crippen MR) is 53.5 cm³/mol. The number of aliphatic carboxylic acids is 1. The number of benzene rings is 1. The van der Waals surface area contributed by atoms with E-state index in [1.807, 2.05) is 0 Å². The smallest absolute Gasteiger partial charge is 0.325 e. The highest BCUT2D eigenvalue weighted by atomic mass is 16.5. The first-order chi connectivity index (χ1) is 7.11. The molecule has 0 spiro atoms. The molecule has 1 aromatic rings. The molecule has 1 unspecified atom stereocenters. The summed E-state index contributed by atoms with van der Waals surface area (Å²) >= 11 is 0. The van der Waals surface area contributed by atoms with Crippen LogP contribution in [0.5, 0.6) is 5.75 Å². The van der Waals surface area contributed by atoms with E-state index in [2.05, 4.69) is 0 Å². The summed E-state index contributed by atoms with van der Waals surface area (Å²) in [5.41, 5.74) is 6.35. The van der Waals surface area contributed by atoms with Crippen molar-refractivity contribution in [1.82, 2.24) is 0 Å². The summed E-state index contributed by atoms with van der Waals surface area (Å²) in [5.74, 6) is -0.807. The van der Waals surface area contributed by atoms with Crippen LogP contribution in [0.1, 0.15) is 17.2 Å². The SMILES string of the molecule is COc1c(CO)cccc1C(N)C(=O)O. The van der Waals surface area contributed by atoms with Crippen molar-refractivity contribution in [3.63, 3.8) is 0 Å². The van der Waals surface area contributed by atoms with Crippen molar-refractivity contribution in [3.8, 4) is 5.75 Å². The van der Waals surface area contributed by atoms with Gasteiger partial charge in [0.25, 0.3) is 0 Å². The molecule has 0 aliphatic heterocycles. The van der Waals surface area contributed by atoms with E-state index < -0.39 is 12.0 Å². The fraction of sp³-hybridized carbons (Fsp3) is 0.300. The Labute approximate surface area is 87.1 Å². The van der Waals surface area contributed by atoms with Crippen LogP contribution in [0.25, 0.3) is 0 Å². The molecule has 0 radical (unpaired) electrons. The predicted octanol–water partition coefficient (Wildman–Crippen LogP) is 0.272. The molecule has 0 aliphatic rings. The average molecular weight is 211 g/mol. The standard InChI is InChI=1S/C10H13NO4/c1-15-9-6(5-12)3-2-4-7(9)8(11)10(13)14/h2-4,8,12H,5,11H2,1H3,(H,13,14). The second-order valence-electron chi connectivity index (χ2n) is 3.01. The third-order valence-corrected chi connectivity index (χ3v) is 2.10. The zero-order chi connectivity index (χ0) is 11.4. The fourth-order valence-electron chi connectivity index (χ4n) is 1.36. The van der Waals surface area contributed by atoms with E-state index >= 15 is 0 Å². The molecule has 0 aromatic heterocycles. The number of nitrogens with two attached hydrogens (primary N) is 1. The van der Waals surface area contributed by atoms with E-state index in [0.29, 0.717) is 16.9 Å². The maximum atomic E-state index is 10.7. The van der Waals surface area contributed by atoms with E-state index in [1.54, 1.807) is 18.2 Å². The number of para-hydroxylation sites is 1. The Balaban J connectivity index is 3.22. The first kappa shape index (κ1) is 11.5. The van der Waals surface area contributed by atoms with Gasteiger partial charge in [-0.2, -0.15) is 0 Å².